The highest BCUT2D eigenvalue weighted by molar-refractivity contribution is 5.88. The zero-order valence-electron chi connectivity index (χ0n) is 10.2. The number of rotatable bonds is 2. The van der Waals surface area contributed by atoms with Crippen molar-refractivity contribution in [1.82, 2.24) is 14.9 Å². The van der Waals surface area contributed by atoms with E-state index < -0.39 is 0 Å². The van der Waals surface area contributed by atoms with Crippen LogP contribution in [-0.2, 0) is 0 Å². The van der Waals surface area contributed by atoms with Gasteiger partial charge in [0.15, 0.2) is 0 Å². The van der Waals surface area contributed by atoms with E-state index in [0.29, 0.717) is 0 Å². The molecule has 3 rings (SSSR count). The van der Waals surface area contributed by atoms with Crippen LogP contribution in [0.15, 0.2) is 24.5 Å². The van der Waals surface area contributed by atoms with Crippen molar-refractivity contribution in [3.05, 3.63) is 24.5 Å². The number of H-pyrrole nitrogens is 1. The SMILES string of the molecule is CCN1CCN(c2cccc3[nH]cnc23)CC1. The zero-order chi connectivity index (χ0) is 11.7. The molecule has 0 saturated carbocycles. The van der Waals surface area contributed by atoms with E-state index in [0.717, 1.165) is 43.8 Å². The maximum atomic E-state index is 4.42. The van der Waals surface area contributed by atoms with Gasteiger partial charge < -0.3 is 14.8 Å². The Hall–Kier alpha value is -1.55. The third kappa shape index (κ3) is 1.89. The van der Waals surface area contributed by atoms with Gasteiger partial charge in [-0.15, -0.1) is 0 Å². The van der Waals surface area contributed by atoms with E-state index in [4.69, 9.17) is 0 Å². The molecule has 4 nitrogen and oxygen atoms in total. The van der Waals surface area contributed by atoms with Gasteiger partial charge in [0.1, 0.15) is 5.52 Å². The van der Waals surface area contributed by atoms with Crippen LogP contribution in [0.5, 0.6) is 0 Å². The highest BCUT2D eigenvalue weighted by Crippen LogP contribution is 2.24. The number of piperazine rings is 1. The molecule has 0 amide bonds. The van der Waals surface area contributed by atoms with Gasteiger partial charge in [-0.05, 0) is 18.7 Å². The minimum Gasteiger partial charge on any atom is -0.367 e. The first kappa shape index (κ1) is 10.6. The van der Waals surface area contributed by atoms with Crippen molar-refractivity contribution in [2.45, 2.75) is 6.92 Å². The molecule has 0 radical (unpaired) electrons. The van der Waals surface area contributed by atoms with Gasteiger partial charge in [-0.2, -0.15) is 0 Å². The molecule has 1 aliphatic heterocycles. The fourth-order valence-electron chi connectivity index (χ4n) is 2.51. The molecule has 1 saturated heterocycles. The summed E-state index contributed by atoms with van der Waals surface area (Å²) < 4.78 is 0. The lowest BCUT2D eigenvalue weighted by molar-refractivity contribution is 0.271. The van der Waals surface area contributed by atoms with Crippen LogP contribution >= 0.6 is 0 Å². The maximum Gasteiger partial charge on any atom is 0.112 e. The van der Waals surface area contributed by atoms with Crippen molar-refractivity contribution < 1.29 is 0 Å². The Morgan fingerprint density at radius 1 is 1.24 bits per heavy atom. The number of benzene rings is 1. The summed E-state index contributed by atoms with van der Waals surface area (Å²) in [5.41, 5.74) is 3.48. The van der Waals surface area contributed by atoms with Gasteiger partial charge >= 0.3 is 0 Å². The van der Waals surface area contributed by atoms with Gasteiger partial charge in [-0.1, -0.05) is 13.0 Å². The molecule has 17 heavy (non-hydrogen) atoms. The third-order valence-electron chi connectivity index (χ3n) is 3.59. The summed E-state index contributed by atoms with van der Waals surface area (Å²) in [5.74, 6) is 0. The molecule has 0 unspecified atom stereocenters. The smallest absolute Gasteiger partial charge is 0.112 e. The third-order valence-corrected chi connectivity index (χ3v) is 3.59. The molecular weight excluding hydrogens is 212 g/mol. The maximum absolute atomic E-state index is 4.42. The Bertz CT molecular complexity index is 497. The second-order valence-electron chi connectivity index (χ2n) is 4.50. The number of para-hydroxylation sites is 1. The molecule has 2 heterocycles. The van der Waals surface area contributed by atoms with E-state index in [1.165, 1.54) is 5.69 Å². The molecule has 1 aromatic carbocycles. The van der Waals surface area contributed by atoms with Crippen LogP contribution in [0.4, 0.5) is 5.69 Å². The van der Waals surface area contributed by atoms with Gasteiger partial charge in [0.2, 0.25) is 0 Å². The number of aromatic nitrogens is 2. The first-order valence-electron chi connectivity index (χ1n) is 6.28. The van der Waals surface area contributed by atoms with Crippen LogP contribution in [0.3, 0.4) is 0 Å². The summed E-state index contributed by atoms with van der Waals surface area (Å²) in [7, 11) is 0. The van der Waals surface area contributed by atoms with Crippen molar-refractivity contribution in [1.29, 1.82) is 0 Å². The molecule has 1 N–H and O–H groups in total. The lowest BCUT2D eigenvalue weighted by Gasteiger charge is -2.35. The number of anilines is 1. The minimum atomic E-state index is 1.09. The van der Waals surface area contributed by atoms with E-state index in [1.54, 1.807) is 6.33 Å². The second kappa shape index (κ2) is 4.37. The van der Waals surface area contributed by atoms with Crippen molar-refractivity contribution in [2.24, 2.45) is 0 Å². The van der Waals surface area contributed by atoms with E-state index in [1.807, 2.05) is 0 Å². The molecule has 1 aliphatic rings. The van der Waals surface area contributed by atoms with Gasteiger partial charge in [0.25, 0.3) is 0 Å². The number of nitrogens with zero attached hydrogens (tertiary/aromatic N) is 3. The van der Waals surface area contributed by atoms with Crippen LogP contribution in [0.2, 0.25) is 0 Å². The Balaban J connectivity index is 1.87. The van der Waals surface area contributed by atoms with Crippen molar-refractivity contribution in [2.75, 3.05) is 37.6 Å². The van der Waals surface area contributed by atoms with Crippen LogP contribution in [-0.4, -0.2) is 47.6 Å². The van der Waals surface area contributed by atoms with Crippen LogP contribution in [0.1, 0.15) is 6.92 Å². The molecule has 0 aliphatic carbocycles. The predicted molar refractivity (Wildman–Crippen MR) is 70.4 cm³/mol. The minimum absolute atomic E-state index is 1.09. The fraction of sp³-hybridized carbons (Fsp3) is 0.462. The number of fused-ring (bicyclic) bond motifs is 1. The monoisotopic (exact) mass is 230 g/mol. The van der Waals surface area contributed by atoms with Gasteiger partial charge in [0.05, 0.1) is 17.5 Å². The molecule has 2 aromatic rings. The molecule has 0 atom stereocenters. The summed E-state index contributed by atoms with van der Waals surface area (Å²) >= 11 is 0. The average molecular weight is 230 g/mol. The standard InChI is InChI=1S/C13H18N4/c1-2-16-6-8-17(9-7-16)12-5-3-4-11-13(12)15-10-14-11/h3-5,10H,2,6-9H2,1H3,(H,14,15). The Kier molecular flexibility index (Phi) is 2.73. The summed E-state index contributed by atoms with van der Waals surface area (Å²) in [5, 5.41) is 0. The summed E-state index contributed by atoms with van der Waals surface area (Å²) in [6, 6.07) is 6.35. The van der Waals surface area contributed by atoms with Crippen molar-refractivity contribution in [3.8, 4) is 0 Å². The predicted octanol–water partition coefficient (Wildman–Crippen LogP) is 1.70. The average Bonchev–Trinajstić information content (AvgIpc) is 2.87. The largest absolute Gasteiger partial charge is 0.367 e. The Morgan fingerprint density at radius 3 is 2.82 bits per heavy atom. The topological polar surface area (TPSA) is 35.2 Å². The van der Waals surface area contributed by atoms with Gasteiger partial charge in [-0.25, -0.2) is 4.98 Å². The highest BCUT2D eigenvalue weighted by Gasteiger charge is 2.17. The number of nitrogens with one attached hydrogen (secondary N) is 1. The first-order valence-corrected chi connectivity index (χ1v) is 6.28. The van der Waals surface area contributed by atoms with Gasteiger partial charge in [0, 0.05) is 26.2 Å². The molecule has 90 valence electrons. The normalized spacial score (nSPS) is 17.8. The number of imidazole rings is 1. The van der Waals surface area contributed by atoms with Crippen molar-refractivity contribution >= 4 is 16.7 Å². The summed E-state index contributed by atoms with van der Waals surface area (Å²) in [6.45, 7) is 7.87. The quantitative estimate of drug-likeness (QED) is 0.853. The highest BCUT2D eigenvalue weighted by atomic mass is 15.3. The number of likely N-dealkylation sites (N-methyl/N-ethyl adjacent to an activating group) is 1. The first-order chi connectivity index (χ1) is 8.38. The van der Waals surface area contributed by atoms with Crippen molar-refractivity contribution in [3.63, 3.8) is 0 Å². The molecule has 1 aromatic heterocycles. The molecular formula is C13H18N4. The van der Waals surface area contributed by atoms with E-state index in [2.05, 4.69) is 44.9 Å². The van der Waals surface area contributed by atoms with Crippen LogP contribution in [0, 0.1) is 0 Å². The van der Waals surface area contributed by atoms with Gasteiger partial charge in [-0.3, -0.25) is 0 Å². The molecule has 4 heteroatoms. The van der Waals surface area contributed by atoms with E-state index in [-0.39, 0.29) is 0 Å². The Morgan fingerprint density at radius 2 is 2.06 bits per heavy atom. The number of aromatic amines is 1. The molecule has 0 bridgehead atoms. The molecule has 1 fully saturated rings. The summed E-state index contributed by atoms with van der Waals surface area (Å²) in [4.78, 5) is 12.5. The van der Waals surface area contributed by atoms with Crippen LogP contribution in [0.25, 0.3) is 11.0 Å². The lowest BCUT2D eigenvalue weighted by atomic mass is 10.2. The van der Waals surface area contributed by atoms with Crippen LogP contribution < -0.4 is 4.90 Å². The van der Waals surface area contributed by atoms with E-state index >= 15 is 0 Å². The zero-order valence-corrected chi connectivity index (χ0v) is 10.2. The second-order valence-corrected chi connectivity index (χ2v) is 4.50. The van der Waals surface area contributed by atoms with E-state index in [9.17, 15) is 0 Å². The lowest BCUT2D eigenvalue weighted by Crippen LogP contribution is -2.46. The fourth-order valence-corrected chi connectivity index (χ4v) is 2.51. The molecule has 0 spiro atoms. The Labute approximate surface area is 101 Å². The number of hydrogen-bond acceptors (Lipinski definition) is 3. The number of hydrogen-bond donors (Lipinski definition) is 1. The summed E-state index contributed by atoms with van der Waals surface area (Å²) in [6.07, 6.45) is 1.77.